The van der Waals surface area contributed by atoms with Crippen molar-refractivity contribution in [2.45, 2.75) is 65.0 Å². The summed E-state index contributed by atoms with van der Waals surface area (Å²) in [5.41, 5.74) is -2.18. The van der Waals surface area contributed by atoms with E-state index in [0.717, 1.165) is 6.42 Å². The molecule has 0 amide bonds. The summed E-state index contributed by atoms with van der Waals surface area (Å²) in [5, 5.41) is 21.9. The predicted molar refractivity (Wildman–Crippen MR) is 89.6 cm³/mol. The molecule has 144 valence electrons. The molecule has 0 aromatic heterocycles. The number of rotatable bonds is 0. The fourth-order valence-electron chi connectivity index (χ4n) is 7.68. The van der Waals surface area contributed by atoms with Crippen molar-refractivity contribution in [1.29, 1.82) is 0 Å². The summed E-state index contributed by atoms with van der Waals surface area (Å²) in [5.74, 6) is -1.54. The maximum absolute atomic E-state index is 13.3. The minimum absolute atomic E-state index is 0.0246. The van der Waals surface area contributed by atoms with Gasteiger partial charge in [0.1, 0.15) is 11.5 Å². The van der Waals surface area contributed by atoms with Crippen LogP contribution in [0.1, 0.15) is 46.5 Å². The summed E-state index contributed by atoms with van der Waals surface area (Å²) in [6, 6.07) is 0. The molecule has 2 saturated heterocycles. The van der Waals surface area contributed by atoms with E-state index in [-0.39, 0.29) is 35.6 Å². The third kappa shape index (κ3) is 1.66. The number of hydrogen-bond acceptors (Lipinski definition) is 6. The van der Waals surface area contributed by atoms with E-state index in [0.29, 0.717) is 19.3 Å². The number of fused-ring (bicyclic) bond motifs is 1. The molecule has 3 saturated carbocycles. The highest BCUT2D eigenvalue weighted by molar-refractivity contribution is 6.08. The van der Waals surface area contributed by atoms with Gasteiger partial charge in [0, 0.05) is 23.2 Å². The molecule has 0 radical (unpaired) electrons. The molecule has 26 heavy (non-hydrogen) atoms. The van der Waals surface area contributed by atoms with Crippen molar-refractivity contribution in [3.05, 3.63) is 0 Å². The fraction of sp³-hybridized carbons (Fsp3) is 0.900. The number of ether oxygens (including phenoxy) is 2. The van der Waals surface area contributed by atoms with Crippen LogP contribution in [-0.4, -0.2) is 47.1 Å². The number of carbonyl (C=O) groups is 2. The van der Waals surface area contributed by atoms with Gasteiger partial charge in [-0.2, -0.15) is 0 Å². The van der Waals surface area contributed by atoms with E-state index in [2.05, 4.69) is 13.8 Å². The number of hydrogen-bond donors (Lipinski definition) is 2. The number of Topliss-reactive ketones (excluding diaryl/α,β-unsaturated/α-hetero) is 1. The average Bonchev–Trinajstić information content (AvgIpc) is 3.01. The largest absolute Gasteiger partial charge is 0.461 e. The lowest BCUT2D eigenvalue weighted by Crippen LogP contribution is -2.70. The van der Waals surface area contributed by atoms with E-state index in [1.807, 2.05) is 6.92 Å². The van der Waals surface area contributed by atoms with E-state index in [9.17, 15) is 19.8 Å². The maximum atomic E-state index is 13.3. The minimum atomic E-state index is -1.27. The number of aliphatic hydroxyl groups excluding tert-OH is 2. The van der Waals surface area contributed by atoms with Gasteiger partial charge in [-0.05, 0) is 37.0 Å². The van der Waals surface area contributed by atoms with Crippen LogP contribution in [0, 0.1) is 39.9 Å². The molecule has 6 heteroatoms. The van der Waals surface area contributed by atoms with E-state index < -0.39 is 41.2 Å². The molecule has 2 bridgehead atoms. The molecule has 3 aliphatic carbocycles. The van der Waals surface area contributed by atoms with Crippen molar-refractivity contribution in [2.75, 3.05) is 6.61 Å². The third-order valence-electron chi connectivity index (χ3n) is 8.66. The Morgan fingerprint density at radius 2 is 1.88 bits per heavy atom. The van der Waals surface area contributed by atoms with Gasteiger partial charge >= 0.3 is 5.97 Å². The zero-order valence-electron chi connectivity index (χ0n) is 15.6. The van der Waals surface area contributed by atoms with Gasteiger partial charge < -0.3 is 19.7 Å². The highest BCUT2D eigenvalue weighted by Gasteiger charge is 2.79. The Labute approximate surface area is 153 Å². The molecule has 9 atom stereocenters. The molecule has 5 fully saturated rings. The molecule has 0 aromatic rings. The van der Waals surface area contributed by atoms with Gasteiger partial charge in [-0.1, -0.05) is 20.8 Å². The van der Waals surface area contributed by atoms with Crippen LogP contribution in [-0.2, 0) is 19.1 Å². The molecule has 2 spiro atoms. The molecule has 2 heterocycles. The van der Waals surface area contributed by atoms with Gasteiger partial charge in [0.2, 0.25) is 0 Å². The Kier molecular flexibility index (Phi) is 3.22. The van der Waals surface area contributed by atoms with Crippen LogP contribution in [0.3, 0.4) is 0 Å². The van der Waals surface area contributed by atoms with Crippen LogP contribution in [0.2, 0.25) is 0 Å². The SMILES string of the molecule is CC1C(=O)C23CC1CC(O)C2C12COC(O)C1C(C)(C)CCC2OC3=O. The molecule has 0 aromatic carbocycles. The van der Waals surface area contributed by atoms with Crippen LogP contribution in [0.25, 0.3) is 0 Å². The zero-order valence-corrected chi connectivity index (χ0v) is 15.6. The maximum Gasteiger partial charge on any atom is 0.320 e. The molecule has 2 aliphatic heterocycles. The topological polar surface area (TPSA) is 93.1 Å². The second-order valence-electron chi connectivity index (χ2n) is 10.1. The van der Waals surface area contributed by atoms with Gasteiger partial charge in [0.15, 0.2) is 12.1 Å². The summed E-state index contributed by atoms with van der Waals surface area (Å²) in [6.07, 6.45) is 0.369. The van der Waals surface area contributed by atoms with Crippen LogP contribution in [0.4, 0.5) is 0 Å². The van der Waals surface area contributed by atoms with Gasteiger partial charge in [-0.3, -0.25) is 9.59 Å². The minimum Gasteiger partial charge on any atom is -0.461 e. The molecule has 5 aliphatic rings. The molecule has 6 nitrogen and oxygen atoms in total. The quantitative estimate of drug-likeness (QED) is 0.497. The number of carbonyl (C=O) groups excluding carboxylic acids is 2. The van der Waals surface area contributed by atoms with Crippen LogP contribution in [0.15, 0.2) is 0 Å². The van der Waals surface area contributed by atoms with E-state index in [4.69, 9.17) is 9.47 Å². The van der Waals surface area contributed by atoms with Crippen molar-refractivity contribution in [3.8, 4) is 0 Å². The highest BCUT2D eigenvalue weighted by Crippen LogP contribution is 2.71. The Hall–Kier alpha value is -0.980. The first-order valence-electron chi connectivity index (χ1n) is 9.89. The van der Waals surface area contributed by atoms with Crippen molar-refractivity contribution >= 4 is 11.8 Å². The molecular formula is C20H28O6. The van der Waals surface area contributed by atoms with Gasteiger partial charge in [0.05, 0.1) is 12.7 Å². The Balaban J connectivity index is 1.73. The summed E-state index contributed by atoms with van der Waals surface area (Å²) < 4.78 is 11.7. The van der Waals surface area contributed by atoms with Crippen molar-refractivity contribution in [1.82, 2.24) is 0 Å². The third-order valence-corrected chi connectivity index (χ3v) is 8.66. The Morgan fingerprint density at radius 3 is 2.62 bits per heavy atom. The summed E-state index contributed by atoms with van der Waals surface area (Å²) >= 11 is 0. The average molecular weight is 364 g/mol. The highest BCUT2D eigenvalue weighted by atomic mass is 16.6. The Bertz CT molecular complexity index is 688. The number of aliphatic hydroxyl groups is 2. The normalized spacial score (nSPS) is 57.2. The van der Waals surface area contributed by atoms with Crippen molar-refractivity contribution < 1.29 is 29.3 Å². The van der Waals surface area contributed by atoms with E-state index in [1.54, 1.807) is 0 Å². The summed E-state index contributed by atoms with van der Waals surface area (Å²) in [4.78, 5) is 26.4. The van der Waals surface area contributed by atoms with Gasteiger partial charge in [-0.25, -0.2) is 0 Å². The van der Waals surface area contributed by atoms with Crippen molar-refractivity contribution in [2.24, 2.45) is 39.9 Å². The van der Waals surface area contributed by atoms with Crippen LogP contribution >= 0.6 is 0 Å². The summed E-state index contributed by atoms with van der Waals surface area (Å²) in [7, 11) is 0. The van der Waals surface area contributed by atoms with Gasteiger partial charge in [-0.15, -0.1) is 0 Å². The first-order valence-corrected chi connectivity index (χ1v) is 9.89. The second-order valence-corrected chi connectivity index (χ2v) is 10.1. The lowest BCUT2D eigenvalue weighted by atomic mass is 9.43. The number of ketones is 1. The fourth-order valence-corrected chi connectivity index (χ4v) is 7.68. The standard InChI is InChI=1S/C20H28O6/c1-9-10-6-11(21)13-19(7-10,15(9)22)17(24)26-12-4-5-18(2,3)14-16(23)25-8-20(12,13)14/h9-14,16,21,23H,4-8H2,1-3H3. The Morgan fingerprint density at radius 1 is 1.15 bits per heavy atom. The van der Waals surface area contributed by atoms with E-state index in [1.165, 1.54) is 0 Å². The van der Waals surface area contributed by atoms with Gasteiger partial charge in [0.25, 0.3) is 0 Å². The zero-order chi connectivity index (χ0) is 18.6. The molecular weight excluding hydrogens is 336 g/mol. The first-order chi connectivity index (χ1) is 12.2. The number of esters is 1. The van der Waals surface area contributed by atoms with Crippen LogP contribution < -0.4 is 0 Å². The van der Waals surface area contributed by atoms with E-state index >= 15 is 0 Å². The monoisotopic (exact) mass is 364 g/mol. The molecule has 2 N–H and O–H groups in total. The summed E-state index contributed by atoms with van der Waals surface area (Å²) in [6.45, 7) is 6.31. The lowest BCUT2D eigenvalue weighted by Gasteiger charge is -2.62. The predicted octanol–water partition coefficient (Wildman–Crippen LogP) is 1.28. The molecule has 5 rings (SSSR count). The van der Waals surface area contributed by atoms with Crippen LogP contribution in [0.5, 0.6) is 0 Å². The molecule has 9 unspecified atom stereocenters. The first kappa shape index (κ1) is 17.1. The van der Waals surface area contributed by atoms with Crippen molar-refractivity contribution in [3.63, 3.8) is 0 Å². The lowest BCUT2D eigenvalue weighted by molar-refractivity contribution is -0.251. The smallest absolute Gasteiger partial charge is 0.320 e. The second kappa shape index (κ2) is 4.89.